The van der Waals surface area contributed by atoms with Crippen LogP contribution in [0, 0.1) is 0 Å². The molecule has 1 atom stereocenters. The summed E-state index contributed by atoms with van der Waals surface area (Å²) in [5.41, 5.74) is 1.11. The number of aliphatic hydroxyl groups is 1. The molecule has 0 bridgehead atoms. The van der Waals surface area contributed by atoms with Crippen LogP contribution in [-0.4, -0.2) is 43.8 Å². The summed E-state index contributed by atoms with van der Waals surface area (Å²) in [4.78, 5) is 22.8. The van der Waals surface area contributed by atoms with E-state index in [-0.39, 0.29) is 12.5 Å². The smallest absolute Gasteiger partial charge is 0.336 e. The summed E-state index contributed by atoms with van der Waals surface area (Å²) in [6.07, 6.45) is -1.36. The van der Waals surface area contributed by atoms with Gasteiger partial charge in [0.25, 0.3) is 5.91 Å². The second-order valence-electron chi connectivity index (χ2n) is 3.54. The van der Waals surface area contributed by atoms with Crippen molar-refractivity contribution in [1.29, 1.82) is 0 Å². The van der Waals surface area contributed by atoms with Crippen molar-refractivity contribution >= 4 is 17.6 Å². The van der Waals surface area contributed by atoms with E-state index in [2.05, 4.69) is 15.4 Å². The number of para-hydroxylation sites is 1. The fourth-order valence-corrected chi connectivity index (χ4v) is 1.40. The lowest BCUT2D eigenvalue weighted by Crippen LogP contribution is -2.37. The number of methoxy groups -OCH3 is 1. The third-order valence-electron chi connectivity index (χ3n) is 2.37. The largest absolute Gasteiger partial charge is 0.467 e. The minimum absolute atomic E-state index is 0.191. The van der Waals surface area contributed by atoms with Gasteiger partial charge in [0.15, 0.2) is 6.10 Å². The predicted molar refractivity (Wildman–Crippen MR) is 66.3 cm³/mol. The van der Waals surface area contributed by atoms with Gasteiger partial charge in [-0.25, -0.2) is 4.79 Å². The summed E-state index contributed by atoms with van der Waals surface area (Å²) in [5, 5.41) is 14.7. The molecule has 1 unspecified atom stereocenters. The van der Waals surface area contributed by atoms with Gasteiger partial charge in [-0.15, -0.1) is 0 Å². The number of esters is 1. The summed E-state index contributed by atoms with van der Waals surface area (Å²) in [7, 11) is 2.87. The van der Waals surface area contributed by atoms with Crippen molar-refractivity contribution in [3.05, 3.63) is 29.8 Å². The average molecular weight is 252 g/mol. The lowest BCUT2D eigenvalue weighted by Gasteiger charge is -2.11. The van der Waals surface area contributed by atoms with Crippen molar-refractivity contribution in [3.8, 4) is 0 Å². The second kappa shape index (κ2) is 6.61. The fourth-order valence-electron chi connectivity index (χ4n) is 1.40. The van der Waals surface area contributed by atoms with Crippen LogP contribution >= 0.6 is 0 Å². The number of aliphatic hydroxyl groups excluding tert-OH is 1. The highest BCUT2D eigenvalue weighted by molar-refractivity contribution is 5.99. The van der Waals surface area contributed by atoms with Crippen molar-refractivity contribution in [2.24, 2.45) is 0 Å². The first kappa shape index (κ1) is 14.0. The zero-order chi connectivity index (χ0) is 13.5. The number of hydrogen-bond donors (Lipinski definition) is 3. The highest BCUT2D eigenvalue weighted by atomic mass is 16.5. The van der Waals surface area contributed by atoms with E-state index in [0.717, 1.165) is 0 Å². The molecule has 18 heavy (non-hydrogen) atoms. The Balaban J connectivity index is 2.63. The quantitative estimate of drug-likeness (QED) is 0.642. The van der Waals surface area contributed by atoms with Crippen molar-refractivity contribution in [3.63, 3.8) is 0 Å². The van der Waals surface area contributed by atoms with Gasteiger partial charge in [-0.05, 0) is 12.1 Å². The molecule has 0 heterocycles. The van der Waals surface area contributed by atoms with Crippen LogP contribution in [0.15, 0.2) is 24.3 Å². The molecule has 1 rings (SSSR count). The number of anilines is 1. The van der Waals surface area contributed by atoms with Gasteiger partial charge in [-0.2, -0.15) is 0 Å². The van der Waals surface area contributed by atoms with E-state index in [4.69, 9.17) is 0 Å². The van der Waals surface area contributed by atoms with Crippen LogP contribution in [0.25, 0.3) is 0 Å². The van der Waals surface area contributed by atoms with Crippen LogP contribution in [0.3, 0.4) is 0 Å². The van der Waals surface area contributed by atoms with E-state index in [0.29, 0.717) is 11.3 Å². The fraction of sp³-hybridized carbons (Fsp3) is 0.333. The lowest BCUT2D eigenvalue weighted by molar-refractivity contribution is -0.149. The molecule has 0 saturated carbocycles. The Morgan fingerprint density at radius 2 is 2.06 bits per heavy atom. The second-order valence-corrected chi connectivity index (χ2v) is 3.54. The molecule has 0 saturated heterocycles. The van der Waals surface area contributed by atoms with Crippen LogP contribution in [-0.2, 0) is 9.53 Å². The SMILES string of the molecule is CNc1ccccc1C(=O)NCC(O)C(=O)OC. The summed E-state index contributed by atoms with van der Waals surface area (Å²) in [6.45, 7) is -0.191. The molecule has 1 aromatic rings. The minimum Gasteiger partial charge on any atom is -0.467 e. The first-order valence-corrected chi connectivity index (χ1v) is 5.41. The third-order valence-corrected chi connectivity index (χ3v) is 2.37. The Hall–Kier alpha value is -2.08. The van der Waals surface area contributed by atoms with Crippen molar-refractivity contribution in [2.45, 2.75) is 6.10 Å². The summed E-state index contributed by atoms with van der Waals surface area (Å²) in [5.74, 6) is -1.15. The third kappa shape index (κ3) is 3.46. The van der Waals surface area contributed by atoms with Crippen molar-refractivity contribution < 1.29 is 19.4 Å². The molecule has 0 aromatic heterocycles. The first-order chi connectivity index (χ1) is 8.60. The number of hydrogen-bond acceptors (Lipinski definition) is 5. The summed E-state index contributed by atoms with van der Waals surface area (Å²) < 4.78 is 4.34. The van der Waals surface area contributed by atoms with Crippen LogP contribution in [0.5, 0.6) is 0 Å². The van der Waals surface area contributed by atoms with Crippen molar-refractivity contribution in [1.82, 2.24) is 5.32 Å². The van der Waals surface area contributed by atoms with Crippen molar-refractivity contribution in [2.75, 3.05) is 26.0 Å². The molecule has 0 radical (unpaired) electrons. The number of amides is 1. The van der Waals surface area contributed by atoms with Crippen LogP contribution in [0.1, 0.15) is 10.4 Å². The molecule has 0 aliphatic carbocycles. The lowest BCUT2D eigenvalue weighted by atomic mass is 10.1. The Morgan fingerprint density at radius 3 is 2.67 bits per heavy atom. The molecule has 6 heteroatoms. The molecule has 0 aliphatic heterocycles. The van der Waals surface area contributed by atoms with E-state index >= 15 is 0 Å². The molecule has 1 amide bonds. The van der Waals surface area contributed by atoms with Gasteiger partial charge in [0.2, 0.25) is 0 Å². The Bertz CT molecular complexity index is 434. The molecule has 0 spiro atoms. The number of ether oxygens (including phenoxy) is 1. The van der Waals surface area contributed by atoms with Gasteiger partial charge >= 0.3 is 5.97 Å². The molecule has 98 valence electrons. The molecule has 3 N–H and O–H groups in total. The van der Waals surface area contributed by atoms with E-state index in [9.17, 15) is 14.7 Å². The predicted octanol–water partition coefficient (Wildman–Crippen LogP) is -0.00800. The Kier molecular flexibility index (Phi) is 5.13. The zero-order valence-corrected chi connectivity index (χ0v) is 10.3. The number of rotatable bonds is 5. The maximum absolute atomic E-state index is 11.8. The zero-order valence-electron chi connectivity index (χ0n) is 10.3. The first-order valence-electron chi connectivity index (χ1n) is 5.41. The molecule has 1 aromatic carbocycles. The maximum Gasteiger partial charge on any atom is 0.336 e. The topological polar surface area (TPSA) is 87.7 Å². The monoisotopic (exact) mass is 252 g/mol. The number of carbonyl (C=O) groups is 2. The number of benzene rings is 1. The van der Waals surface area contributed by atoms with Gasteiger partial charge in [-0.3, -0.25) is 4.79 Å². The van der Waals surface area contributed by atoms with Gasteiger partial charge in [0.05, 0.1) is 19.2 Å². The van der Waals surface area contributed by atoms with E-state index < -0.39 is 12.1 Å². The molecule has 0 fully saturated rings. The Labute approximate surface area is 105 Å². The van der Waals surface area contributed by atoms with Gasteiger partial charge in [0.1, 0.15) is 0 Å². The van der Waals surface area contributed by atoms with Gasteiger partial charge < -0.3 is 20.5 Å². The number of carbonyl (C=O) groups excluding carboxylic acids is 2. The normalized spacial score (nSPS) is 11.5. The van der Waals surface area contributed by atoms with Gasteiger partial charge in [-0.1, -0.05) is 12.1 Å². The average Bonchev–Trinajstić information content (AvgIpc) is 2.43. The maximum atomic E-state index is 11.8. The van der Waals surface area contributed by atoms with E-state index in [1.165, 1.54) is 7.11 Å². The summed E-state index contributed by atoms with van der Waals surface area (Å²) >= 11 is 0. The highest BCUT2D eigenvalue weighted by Gasteiger charge is 2.17. The molecule has 6 nitrogen and oxygen atoms in total. The highest BCUT2D eigenvalue weighted by Crippen LogP contribution is 2.13. The minimum atomic E-state index is -1.36. The molecular formula is C12H16N2O4. The van der Waals surface area contributed by atoms with Crippen LogP contribution in [0.2, 0.25) is 0 Å². The van der Waals surface area contributed by atoms with Crippen LogP contribution in [0.4, 0.5) is 5.69 Å². The molecule has 0 aliphatic rings. The van der Waals surface area contributed by atoms with E-state index in [1.54, 1.807) is 31.3 Å². The number of nitrogens with one attached hydrogen (secondary N) is 2. The summed E-state index contributed by atoms with van der Waals surface area (Å²) in [6, 6.07) is 6.93. The van der Waals surface area contributed by atoms with E-state index in [1.807, 2.05) is 0 Å². The standard InChI is InChI=1S/C12H16N2O4/c1-13-9-6-4-3-5-8(9)11(16)14-7-10(15)12(17)18-2/h3-6,10,13,15H,7H2,1-2H3,(H,14,16). The van der Waals surface area contributed by atoms with Crippen LogP contribution < -0.4 is 10.6 Å². The Morgan fingerprint density at radius 1 is 1.39 bits per heavy atom. The molecular weight excluding hydrogens is 236 g/mol. The van der Waals surface area contributed by atoms with Gasteiger partial charge in [0, 0.05) is 12.7 Å².